The van der Waals surface area contributed by atoms with Gasteiger partial charge >= 0.3 is 0 Å². The van der Waals surface area contributed by atoms with Gasteiger partial charge in [-0.05, 0) is 42.8 Å². The minimum absolute atomic E-state index is 0.0956. The van der Waals surface area contributed by atoms with Crippen molar-refractivity contribution in [1.82, 2.24) is 4.98 Å². The Bertz CT molecular complexity index is 715. The first-order valence-corrected chi connectivity index (χ1v) is 8.76. The van der Waals surface area contributed by atoms with E-state index in [4.69, 9.17) is 10.5 Å². The SMILES string of the molecule is COc1ncc(Br)cc1C1(C)CS(=O)(=O)C(C)(C)C(N)=N1. The number of aromatic nitrogens is 1. The Morgan fingerprint density at radius 2 is 2.00 bits per heavy atom. The van der Waals surface area contributed by atoms with E-state index in [9.17, 15) is 8.42 Å². The van der Waals surface area contributed by atoms with Crippen molar-refractivity contribution in [2.45, 2.75) is 31.1 Å². The average molecular weight is 376 g/mol. The summed E-state index contributed by atoms with van der Waals surface area (Å²) in [6.07, 6.45) is 1.58. The maximum atomic E-state index is 12.6. The van der Waals surface area contributed by atoms with Crippen LogP contribution in [0.2, 0.25) is 0 Å². The summed E-state index contributed by atoms with van der Waals surface area (Å²) < 4.78 is 29.9. The van der Waals surface area contributed by atoms with Gasteiger partial charge in [0, 0.05) is 16.2 Å². The number of hydrogen-bond acceptors (Lipinski definition) is 6. The van der Waals surface area contributed by atoms with E-state index in [0.717, 1.165) is 4.47 Å². The Kier molecular flexibility index (Phi) is 3.82. The normalized spacial score (nSPS) is 27.0. The number of ether oxygens (including phenoxy) is 1. The first-order chi connectivity index (χ1) is 9.53. The molecular formula is C13H18BrN3O3S. The Morgan fingerprint density at radius 3 is 2.52 bits per heavy atom. The third kappa shape index (κ3) is 2.55. The number of nitrogens with zero attached hydrogens (tertiary/aromatic N) is 2. The number of hydrogen-bond donors (Lipinski definition) is 1. The van der Waals surface area contributed by atoms with Crippen molar-refractivity contribution >= 4 is 31.6 Å². The molecule has 1 aliphatic rings. The Balaban J connectivity index is 2.70. The van der Waals surface area contributed by atoms with Gasteiger partial charge in [-0.15, -0.1) is 0 Å². The molecule has 0 aromatic carbocycles. The minimum Gasteiger partial charge on any atom is -0.481 e. The maximum absolute atomic E-state index is 12.6. The van der Waals surface area contributed by atoms with Crippen molar-refractivity contribution in [2.75, 3.05) is 12.9 Å². The molecule has 8 heteroatoms. The van der Waals surface area contributed by atoms with Gasteiger partial charge in [-0.25, -0.2) is 13.4 Å². The second-order valence-electron chi connectivity index (χ2n) is 5.75. The highest BCUT2D eigenvalue weighted by Crippen LogP contribution is 2.40. The van der Waals surface area contributed by atoms with Crippen LogP contribution >= 0.6 is 15.9 Å². The Labute approximate surface area is 132 Å². The van der Waals surface area contributed by atoms with E-state index in [1.807, 2.05) is 0 Å². The molecule has 0 aliphatic carbocycles. The van der Waals surface area contributed by atoms with Crippen LogP contribution in [0.4, 0.5) is 0 Å². The monoisotopic (exact) mass is 375 g/mol. The highest BCUT2D eigenvalue weighted by Gasteiger charge is 2.49. The molecule has 116 valence electrons. The van der Waals surface area contributed by atoms with Gasteiger partial charge in [0.2, 0.25) is 5.88 Å². The molecule has 2 N–H and O–H groups in total. The van der Waals surface area contributed by atoms with Crippen LogP contribution in [0.1, 0.15) is 26.3 Å². The van der Waals surface area contributed by atoms with E-state index in [1.165, 1.54) is 7.11 Å². The molecule has 0 fully saturated rings. The smallest absolute Gasteiger partial charge is 0.218 e. The lowest BCUT2D eigenvalue weighted by Crippen LogP contribution is -2.54. The molecule has 2 heterocycles. The molecule has 1 aromatic rings. The van der Waals surface area contributed by atoms with E-state index in [2.05, 4.69) is 25.9 Å². The Hall–Kier alpha value is -1.15. The topological polar surface area (TPSA) is 94.6 Å². The van der Waals surface area contributed by atoms with Crippen molar-refractivity contribution in [3.05, 3.63) is 22.3 Å². The van der Waals surface area contributed by atoms with E-state index < -0.39 is 20.1 Å². The van der Waals surface area contributed by atoms with Gasteiger partial charge in [0.25, 0.3) is 0 Å². The van der Waals surface area contributed by atoms with E-state index in [1.54, 1.807) is 33.0 Å². The number of amidine groups is 1. The van der Waals surface area contributed by atoms with Crippen LogP contribution in [0.15, 0.2) is 21.7 Å². The Morgan fingerprint density at radius 1 is 1.38 bits per heavy atom. The fraction of sp³-hybridized carbons (Fsp3) is 0.538. The van der Waals surface area contributed by atoms with Gasteiger partial charge in [-0.1, -0.05) is 0 Å². The molecule has 0 saturated carbocycles. The quantitative estimate of drug-likeness (QED) is 0.847. The zero-order chi connectivity index (χ0) is 16.1. The molecule has 0 saturated heterocycles. The highest BCUT2D eigenvalue weighted by molar-refractivity contribution is 9.10. The predicted molar refractivity (Wildman–Crippen MR) is 85.3 cm³/mol. The van der Waals surface area contributed by atoms with Crippen LogP contribution in [0.3, 0.4) is 0 Å². The van der Waals surface area contributed by atoms with Crippen molar-refractivity contribution < 1.29 is 13.2 Å². The molecular weight excluding hydrogens is 358 g/mol. The van der Waals surface area contributed by atoms with Gasteiger partial charge < -0.3 is 10.5 Å². The molecule has 0 spiro atoms. The maximum Gasteiger partial charge on any atom is 0.218 e. The lowest BCUT2D eigenvalue weighted by atomic mass is 9.94. The summed E-state index contributed by atoms with van der Waals surface area (Å²) in [5.41, 5.74) is 5.49. The van der Waals surface area contributed by atoms with Crippen LogP contribution in [-0.2, 0) is 15.4 Å². The van der Waals surface area contributed by atoms with Crippen LogP contribution < -0.4 is 10.5 Å². The van der Waals surface area contributed by atoms with Gasteiger partial charge in [0.15, 0.2) is 9.84 Å². The third-order valence-corrected chi connectivity index (χ3v) is 6.96. The van der Waals surface area contributed by atoms with Crippen molar-refractivity contribution in [3.8, 4) is 5.88 Å². The number of nitrogens with two attached hydrogens (primary N) is 1. The zero-order valence-electron chi connectivity index (χ0n) is 12.3. The van der Waals surface area contributed by atoms with Crippen molar-refractivity contribution in [3.63, 3.8) is 0 Å². The molecule has 0 bridgehead atoms. The van der Waals surface area contributed by atoms with Gasteiger partial charge in [0.1, 0.15) is 16.1 Å². The summed E-state index contributed by atoms with van der Waals surface area (Å²) in [5, 5.41) is 0. The minimum atomic E-state index is -3.46. The van der Waals surface area contributed by atoms with E-state index >= 15 is 0 Å². The van der Waals surface area contributed by atoms with Gasteiger partial charge in [-0.3, -0.25) is 4.99 Å². The molecule has 0 amide bonds. The molecule has 0 radical (unpaired) electrons. The largest absolute Gasteiger partial charge is 0.481 e. The van der Waals surface area contributed by atoms with E-state index in [-0.39, 0.29) is 11.6 Å². The standard InChI is InChI=1S/C13H18BrN3O3S/c1-12(2)11(15)17-13(3,7-21(12,18)19)9-5-8(14)6-16-10(9)20-4/h5-6H,7H2,1-4H3,(H2,15,17). The van der Waals surface area contributed by atoms with Crippen LogP contribution in [0.25, 0.3) is 0 Å². The number of sulfone groups is 1. The highest BCUT2D eigenvalue weighted by atomic mass is 79.9. The number of aliphatic imine (C=N–C) groups is 1. The average Bonchev–Trinajstić information content (AvgIpc) is 2.36. The lowest BCUT2D eigenvalue weighted by molar-refractivity contribution is 0.376. The second kappa shape index (κ2) is 4.95. The molecule has 6 nitrogen and oxygen atoms in total. The van der Waals surface area contributed by atoms with Crippen molar-refractivity contribution in [1.29, 1.82) is 0 Å². The molecule has 1 aliphatic heterocycles. The lowest BCUT2D eigenvalue weighted by Gasteiger charge is -2.38. The zero-order valence-corrected chi connectivity index (χ0v) is 14.7. The summed E-state index contributed by atoms with van der Waals surface area (Å²) in [5.74, 6) is 0.285. The second-order valence-corrected chi connectivity index (χ2v) is 9.21. The number of pyridine rings is 1. The molecule has 2 rings (SSSR count). The summed E-state index contributed by atoms with van der Waals surface area (Å²) in [4.78, 5) is 8.61. The van der Waals surface area contributed by atoms with Crippen LogP contribution in [0, 0.1) is 0 Å². The summed E-state index contributed by atoms with van der Waals surface area (Å²) in [6, 6.07) is 1.76. The summed E-state index contributed by atoms with van der Waals surface area (Å²) in [7, 11) is -1.97. The fourth-order valence-electron chi connectivity index (χ4n) is 2.26. The molecule has 1 unspecified atom stereocenters. The van der Waals surface area contributed by atoms with Gasteiger partial charge in [0.05, 0.1) is 12.9 Å². The molecule has 21 heavy (non-hydrogen) atoms. The predicted octanol–water partition coefficient (Wildman–Crippen LogP) is 1.63. The first kappa shape index (κ1) is 16.2. The summed E-state index contributed by atoms with van der Waals surface area (Å²) >= 11 is 3.34. The molecule has 1 aromatic heterocycles. The first-order valence-electron chi connectivity index (χ1n) is 6.31. The van der Waals surface area contributed by atoms with Crippen molar-refractivity contribution in [2.24, 2.45) is 10.7 Å². The molecule has 1 atom stereocenters. The van der Waals surface area contributed by atoms with E-state index in [0.29, 0.717) is 11.4 Å². The third-order valence-electron chi connectivity index (χ3n) is 3.82. The number of methoxy groups -OCH3 is 1. The van der Waals surface area contributed by atoms with Gasteiger partial charge in [-0.2, -0.15) is 0 Å². The van der Waals surface area contributed by atoms with Crippen LogP contribution in [-0.4, -0.2) is 36.8 Å². The fourth-order valence-corrected chi connectivity index (χ4v) is 4.27. The number of rotatable bonds is 2. The summed E-state index contributed by atoms with van der Waals surface area (Å²) in [6.45, 7) is 4.85. The van der Waals surface area contributed by atoms with Crippen LogP contribution in [0.5, 0.6) is 5.88 Å². The number of halogens is 1.